The largest absolute Gasteiger partial charge is 0.321 e. The maximum Gasteiger partial charge on any atom is 0.265 e. The summed E-state index contributed by atoms with van der Waals surface area (Å²) >= 11 is 7.01. The second-order valence-electron chi connectivity index (χ2n) is 3.28. The van der Waals surface area contributed by atoms with Gasteiger partial charge in [-0.2, -0.15) is 0 Å². The summed E-state index contributed by atoms with van der Waals surface area (Å²) < 4.78 is 0.590. The van der Waals surface area contributed by atoms with Crippen molar-refractivity contribution in [2.75, 3.05) is 5.32 Å². The Hall–Kier alpha value is -1.76. The van der Waals surface area contributed by atoms with Gasteiger partial charge >= 0.3 is 0 Å². The first-order chi connectivity index (χ1) is 8.19. The van der Waals surface area contributed by atoms with Crippen LogP contribution in [0.5, 0.6) is 0 Å². The Morgan fingerprint density at radius 3 is 2.82 bits per heavy atom. The van der Waals surface area contributed by atoms with Gasteiger partial charge in [0.2, 0.25) is 0 Å². The van der Waals surface area contributed by atoms with Crippen molar-refractivity contribution in [2.45, 2.75) is 0 Å². The molecule has 1 aromatic heterocycles. The number of rotatable bonds is 2. The fraction of sp³-hybridized carbons (Fsp3) is 0. The number of halogens is 1. The van der Waals surface area contributed by atoms with Gasteiger partial charge in [-0.05, 0) is 30.3 Å². The van der Waals surface area contributed by atoms with Crippen molar-refractivity contribution >= 4 is 34.5 Å². The van der Waals surface area contributed by atoms with E-state index in [1.54, 1.807) is 36.4 Å². The van der Waals surface area contributed by atoms with Gasteiger partial charge in [-0.1, -0.05) is 23.6 Å². The minimum absolute atomic E-state index is 0.184. The first kappa shape index (κ1) is 11.7. The molecule has 1 amide bonds. The minimum Gasteiger partial charge on any atom is -0.321 e. The van der Waals surface area contributed by atoms with Gasteiger partial charge in [0.25, 0.3) is 5.91 Å². The van der Waals surface area contributed by atoms with Gasteiger partial charge in [-0.15, -0.1) is 17.8 Å². The molecule has 2 nitrogen and oxygen atoms in total. The number of hydrogen-bond acceptors (Lipinski definition) is 2. The average molecular weight is 262 g/mol. The van der Waals surface area contributed by atoms with Crippen LogP contribution in [0.15, 0.2) is 36.4 Å². The van der Waals surface area contributed by atoms with E-state index in [0.717, 1.165) is 5.56 Å². The highest BCUT2D eigenvalue weighted by molar-refractivity contribution is 7.18. The summed E-state index contributed by atoms with van der Waals surface area (Å²) in [7, 11) is 0. The average Bonchev–Trinajstić information content (AvgIpc) is 2.76. The van der Waals surface area contributed by atoms with Gasteiger partial charge in [0, 0.05) is 11.3 Å². The third-order valence-electron chi connectivity index (χ3n) is 2.08. The molecule has 0 spiro atoms. The molecule has 0 aliphatic rings. The van der Waals surface area contributed by atoms with Gasteiger partial charge in [0.05, 0.1) is 9.21 Å². The molecular formula is C13H8ClNOS. The van der Waals surface area contributed by atoms with Gasteiger partial charge in [0.15, 0.2) is 0 Å². The van der Waals surface area contributed by atoms with Crippen LogP contribution in [0.2, 0.25) is 4.34 Å². The number of thiophene rings is 1. The molecular weight excluding hydrogens is 254 g/mol. The molecule has 2 rings (SSSR count). The zero-order chi connectivity index (χ0) is 12.3. The third kappa shape index (κ3) is 2.88. The van der Waals surface area contributed by atoms with Gasteiger partial charge in [-0.25, -0.2) is 0 Å². The van der Waals surface area contributed by atoms with Crippen LogP contribution < -0.4 is 5.32 Å². The van der Waals surface area contributed by atoms with E-state index in [1.165, 1.54) is 11.3 Å². The highest BCUT2D eigenvalue weighted by Crippen LogP contribution is 2.22. The van der Waals surface area contributed by atoms with E-state index in [-0.39, 0.29) is 5.91 Å². The quantitative estimate of drug-likeness (QED) is 0.822. The van der Waals surface area contributed by atoms with Crippen molar-refractivity contribution in [3.8, 4) is 12.3 Å². The van der Waals surface area contributed by atoms with Crippen molar-refractivity contribution in [1.82, 2.24) is 0 Å². The molecule has 1 heterocycles. The van der Waals surface area contributed by atoms with Crippen LogP contribution in [0.4, 0.5) is 5.69 Å². The van der Waals surface area contributed by atoms with Crippen LogP contribution >= 0.6 is 22.9 Å². The summed E-state index contributed by atoms with van der Waals surface area (Å²) in [4.78, 5) is 12.4. The Morgan fingerprint density at radius 2 is 2.18 bits per heavy atom. The first-order valence-electron chi connectivity index (χ1n) is 4.82. The molecule has 0 saturated heterocycles. The molecule has 0 unspecified atom stereocenters. The fourth-order valence-corrected chi connectivity index (χ4v) is 2.25. The van der Waals surface area contributed by atoms with Crippen LogP contribution in [0.1, 0.15) is 15.2 Å². The summed E-state index contributed by atoms with van der Waals surface area (Å²) in [5.41, 5.74) is 1.40. The standard InChI is InChI=1S/C13H8ClNOS/c1-2-9-4-3-5-10(8-9)15-13(16)11-6-7-12(14)17-11/h1,3-8H,(H,15,16). The van der Waals surface area contributed by atoms with Crippen molar-refractivity contribution in [3.05, 3.63) is 51.2 Å². The fourth-order valence-electron chi connectivity index (χ4n) is 1.32. The Labute approximate surface area is 108 Å². The van der Waals surface area contributed by atoms with E-state index in [4.69, 9.17) is 18.0 Å². The zero-order valence-corrected chi connectivity index (χ0v) is 10.3. The van der Waals surface area contributed by atoms with E-state index in [9.17, 15) is 4.79 Å². The first-order valence-corrected chi connectivity index (χ1v) is 6.02. The predicted octanol–water partition coefficient (Wildman–Crippen LogP) is 3.64. The van der Waals surface area contributed by atoms with E-state index < -0.39 is 0 Å². The van der Waals surface area contributed by atoms with Gasteiger partial charge in [-0.3, -0.25) is 4.79 Å². The number of carbonyl (C=O) groups excluding carboxylic acids is 1. The highest BCUT2D eigenvalue weighted by Gasteiger charge is 2.08. The third-order valence-corrected chi connectivity index (χ3v) is 3.31. The number of amides is 1. The van der Waals surface area contributed by atoms with Crippen molar-refractivity contribution in [2.24, 2.45) is 0 Å². The molecule has 1 aromatic carbocycles. The Kier molecular flexibility index (Phi) is 3.48. The van der Waals surface area contributed by atoms with Crippen molar-refractivity contribution in [3.63, 3.8) is 0 Å². The Balaban J connectivity index is 2.16. The lowest BCUT2D eigenvalue weighted by Gasteiger charge is -2.03. The maximum atomic E-state index is 11.8. The smallest absolute Gasteiger partial charge is 0.265 e. The lowest BCUT2D eigenvalue weighted by atomic mass is 10.2. The topological polar surface area (TPSA) is 29.1 Å². The summed E-state index contributed by atoms with van der Waals surface area (Å²) in [5.74, 6) is 2.33. The van der Waals surface area contributed by atoms with E-state index in [1.807, 2.05) is 0 Å². The van der Waals surface area contributed by atoms with E-state index >= 15 is 0 Å². The predicted molar refractivity (Wildman–Crippen MR) is 71.7 cm³/mol. The summed E-state index contributed by atoms with van der Waals surface area (Å²) in [6.45, 7) is 0. The molecule has 2 aromatic rings. The Morgan fingerprint density at radius 1 is 1.35 bits per heavy atom. The highest BCUT2D eigenvalue weighted by atomic mass is 35.5. The maximum absolute atomic E-state index is 11.8. The molecule has 0 bridgehead atoms. The molecule has 0 saturated carbocycles. The summed E-state index contributed by atoms with van der Waals surface area (Å²) in [6, 6.07) is 10.5. The molecule has 0 aliphatic heterocycles. The number of terminal acetylenes is 1. The number of hydrogen-bond donors (Lipinski definition) is 1. The van der Waals surface area contributed by atoms with Crippen LogP contribution in [0, 0.1) is 12.3 Å². The van der Waals surface area contributed by atoms with Crippen LogP contribution in [0.25, 0.3) is 0 Å². The molecule has 0 atom stereocenters. The van der Waals surface area contributed by atoms with Crippen molar-refractivity contribution in [1.29, 1.82) is 0 Å². The molecule has 0 aliphatic carbocycles. The second-order valence-corrected chi connectivity index (χ2v) is 5.00. The lowest BCUT2D eigenvalue weighted by molar-refractivity contribution is 0.103. The summed E-state index contributed by atoms with van der Waals surface area (Å²) in [5, 5.41) is 2.76. The zero-order valence-electron chi connectivity index (χ0n) is 8.74. The van der Waals surface area contributed by atoms with Crippen LogP contribution in [0.3, 0.4) is 0 Å². The van der Waals surface area contributed by atoms with Gasteiger partial charge in [0.1, 0.15) is 0 Å². The Bertz CT molecular complexity index is 597. The number of carbonyl (C=O) groups is 1. The molecule has 1 N–H and O–H groups in total. The SMILES string of the molecule is C#Cc1cccc(NC(=O)c2ccc(Cl)s2)c1. The van der Waals surface area contributed by atoms with Crippen LogP contribution in [-0.4, -0.2) is 5.91 Å². The molecule has 4 heteroatoms. The van der Waals surface area contributed by atoms with E-state index in [2.05, 4.69) is 11.2 Å². The van der Waals surface area contributed by atoms with E-state index in [0.29, 0.717) is 14.9 Å². The monoisotopic (exact) mass is 261 g/mol. The number of anilines is 1. The normalized spacial score (nSPS) is 9.65. The second kappa shape index (κ2) is 5.05. The van der Waals surface area contributed by atoms with Crippen LogP contribution in [-0.2, 0) is 0 Å². The molecule has 0 fully saturated rings. The molecule has 84 valence electrons. The number of benzene rings is 1. The van der Waals surface area contributed by atoms with Gasteiger partial charge < -0.3 is 5.32 Å². The summed E-state index contributed by atoms with van der Waals surface area (Å²) in [6.07, 6.45) is 5.29. The number of nitrogens with one attached hydrogen (secondary N) is 1. The van der Waals surface area contributed by atoms with Crippen molar-refractivity contribution < 1.29 is 4.79 Å². The lowest BCUT2D eigenvalue weighted by Crippen LogP contribution is -2.09. The molecule has 0 radical (unpaired) electrons. The molecule has 17 heavy (non-hydrogen) atoms. The minimum atomic E-state index is -0.184.